The van der Waals surface area contributed by atoms with Crippen LogP contribution in [0.5, 0.6) is 0 Å². The van der Waals surface area contributed by atoms with E-state index in [1.807, 2.05) is 13.8 Å². The van der Waals surface area contributed by atoms with Gasteiger partial charge in [0.15, 0.2) is 10.8 Å². The van der Waals surface area contributed by atoms with Crippen LogP contribution in [-0.4, -0.2) is 166 Å². The van der Waals surface area contributed by atoms with E-state index >= 15 is 0 Å². The molecule has 8 aliphatic rings. The van der Waals surface area contributed by atoms with Gasteiger partial charge in [0.25, 0.3) is 0 Å². The van der Waals surface area contributed by atoms with Crippen LogP contribution in [0.2, 0.25) is 0 Å². The Kier molecular flexibility index (Phi) is 22.8. The first-order chi connectivity index (χ1) is 37.0. The van der Waals surface area contributed by atoms with Gasteiger partial charge in [-0.15, -0.1) is 0 Å². The molecule has 0 aromatic carbocycles. The monoisotopic (exact) mass is 1110 g/mol. The largest absolute Gasteiger partial charge is 0.481 e. The molecular formula is C58H94O20. The van der Waals surface area contributed by atoms with Gasteiger partial charge in [-0.05, 0) is 101 Å². The first-order valence-electron chi connectivity index (χ1n) is 29.4. The molecule has 4 saturated heterocycles. The molecule has 8 rings (SSSR count). The minimum atomic E-state index is -1.85. The zero-order valence-corrected chi connectivity index (χ0v) is 47.6. The summed E-state index contributed by atoms with van der Waals surface area (Å²) in [7, 11) is 0. The van der Waals surface area contributed by atoms with Gasteiger partial charge in [0.05, 0.1) is 87.1 Å². The number of unbranched alkanes of at least 4 members (excludes halogenated alkanes) is 2. The summed E-state index contributed by atoms with van der Waals surface area (Å²) in [5, 5.41) is 58.9. The Morgan fingerprint density at radius 1 is 0.615 bits per heavy atom. The topological polar surface area (TPSA) is 311 Å². The first-order valence-corrected chi connectivity index (χ1v) is 29.4. The average molecular weight is 1110 g/mol. The van der Waals surface area contributed by atoms with Crippen molar-refractivity contribution in [3.8, 4) is 0 Å². The number of hydrogen-bond acceptors (Lipinski definition) is 16. The SMILES string of the molecule is CC1CC2OC2CC1C(=O)O.CC1CC2OC2CC1C(=O)O.CCCCC(CC)CC1CC2OC2CC1(C(=O)O)C(=O)OCC(C)(OCC(C)OC(=O)C1(C(=O)O)CC2OC2CC1CC(CC)CCCC)C(CO)OCCO. The van der Waals surface area contributed by atoms with E-state index in [2.05, 4.69) is 27.7 Å². The summed E-state index contributed by atoms with van der Waals surface area (Å²) < 4.78 is 45.8. The summed E-state index contributed by atoms with van der Waals surface area (Å²) in [5.74, 6) is -5.84. The zero-order chi connectivity index (χ0) is 57.3. The van der Waals surface area contributed by atoms with E-state index in [-0.39, 0.29) is 105 Å². The summed E-state index contributed by atoms with van der Waals surface area (Å²) in [6, 6.07) is 0. The van der Waals surface area contributed by atoms with E-state index in [9.17, 15) is 49.2 Å². The molecule has 0 amide bonds. The molecule has 0 spiro atoms. The highest BCUT2D eigenvalue weighted by Crippen LogP contribution is 2.55. The maximum atomic E-state index is 14.2. The van der Waals surface area contributed by atoms with Gasteiger partial charge < -0.3 is 68.5 Å². The number of aliphatic hydroxyl groups excluding tert-OH is 2. The van der Waals surface area contributed by atoms with E-state index in [0.29, 0.717) is 37.9 Å². The van der Waals surface area contributed by atoms with Crippen LogP contribution in [-0.2, 0) is 66.7 Å². The van der Waals surface area contributed by atoms with Gasteiger partial charge in [0.2, 0.25) is 0 Å². The van der Waals surface area contributed by atoms with Crippen LogP contribution in [0.1, 0.15) is 171 Å². The number of carbonyl (C=O) groups excluding carboxylic acids is 2. The van der Waals surface area contributed by atoms with Gasteiger partial charge in [0.1, 0.15) is 24.4 Å². The minimum absolute atomic E-state index is 0.00766. The van der Waals surface area contributed by atoms with E-state index in [0.717, 1.165) is 77.0 Å². The summed E-state index contributed by atoms with van der Waals surface area (Å²) in [6.07, 6.45) is 11.4. The lowest BCUT2D eigenvalue weighted by atomic mass is 9.63. The zero-order valence-electron chi connectivity index (χ0n) is 47.6. The molecule has 446 valence electrons. The second kappa shape index (κ2) is 28.0. The van der Waals surface area contributed by atoms with E-state index in [1.165, 1.54) is 6.92 Å². The predicted octanol–water partition coefficient (Wildman–Crippen LogP) is 7.09. The van der Waals surface area contributed by atoms with Crippen molar-refractivity contribution in [2.24, 2.45) is 58.2 Å². The van der Waals surface area contributed by atoms with Crippen molar-refractivity contribution >= 4 is 35.8 Å². The van der Waals surface area contributed by atoms with Gasteiger partial charge in [-0.25, -0.2) is 0 Å². The normalized spacial score (nSPS) is 36.8. The smallest absolute Gasteiger partial charge is 0.324 e. The fourth-order valence-corrected chi connectivity index (χ4v) is 13.3. The predicted molar refractivity (Wildman–Crippen MR) is 280 cm³/mol. The molecule has 21 atom stereocenters. The molecule has 0 aromatic heterocycles. The third kappa shape index (κ3) is 15.5. The highest BCUT2D eigenvalue weighted by Gasteiger charge is 2.66. The third-order valence-corrected chi connectivity index (χ3v) is 18.9. The van der Waals surface area contributed by atoms with Crippen molar-refractivity contribution in [1.29, 1.82) is 0 Å². The molecule has 0 aromatic rings. The van der Waals surface area contributed by atoms with Crippen molar-refractivity contribution in [1.82, 2.24) is 0 Å². The molecule has 0 bridgehead atoms. The number of epoxide rings is 4. The van der Waals surface area contributed by atoms with Gasteiger partial charge in [0, 0.05) is 12.8 Å². The van der Waals surface area contributed by atoms with Crippen molar-refractivity contribution in [3.05, 3.63) is 0 Å². The van der Waals surface area contributed by atoms with Crippen molar-refractivity contribution in [2.45, 2.75) is 238 Å². The number of carboxylic acids is 4. The second-order valence-electron chi connectivity index (χ2n) is 24.5. The molecule has 6 N–H and O–H groups in total. The van der Waals surface area contributed by atoms with Crippen LogP contribution in [0.15, 0.2) is 0 Å². The Hall–Kier alpha value is -3.50. The Labute approximate surface area is 460 Å². The fourth-order valence-electron chi connectivity index (χ4n) is 13.3. The van der Waals surface area contributed by atoms with Crippen LogP contribution >= 0.6 is 0 Å². The molecule has 20 nitrogen and oxygen atoms in total. The molecule has 4 heterocycles. The standard InChI is InChI=1S/C42H70O14.2C8H12O3/c1-7-11-13-27(9-3)17-29-19-31-33(55-31)21-41(29,36(45)46)38(49)52-25-40(6,35(23-44)51-16-15-43)53-24-26(5)54-39(50)42(37(47)48)22-34-32(56-34)20-30(42)18-28(10-4)14-12-8-2;2*1-4-2-6-7(11-6)3-5(4)8(9)10/h26-35,43-44H,7-25H2,1-6H3,(H,45,46)(H,47,48);2*4-7H,2-3H2,1H3,(H,9,10). The molecule has 0 radical (unpaired) electrons. The molecule has 20 heteroatoms. The number of rotatable bonds is 29. The molecule has 4 aliphatic carbocycles. The second-order valence-corrected chi connectivity index (χ2v) is 24.5. The quantitative estimate of drug-likeness (QED) is 0.0247. The lowest BCUT2D eigenvalue weighted by Crippen LogP contribution is -2.55. The fraction of sp³-hybridized carbons (Fsp3) is 0.897. The number of carboxylic acid groups (broad SMARTS) is 4. The van der Waals surface area contributed by atoms with E-state index in [1.54, 1.807) is 6.92 Å². The van der Waals surface area contributed by atoms with Crippen LogP contribution in [0.3, 0.4) is 0 Å². The Morgan fingerprint density at radius 3 is 1.44 bits per heavy atom. The van der Waals surface area contributed by atoms with Gasteiger partial charge >= 0.3 is 35.8 Å². The number of fused-ring (bicyclic) bond motifs is 4. The third-order valence-electron chi connectivity index (χ3n) is 18.9. The molecule has 4 saturated carbocycles. The molecule has 8 fully saturated rings. The average Bonchev–Trinajstić information content (AvgIpc) is 4.35. The maximum Gasteiger partial charge on any atom is 0.324 e. The number of hydrogen-bond donors (Lipinski definition) is 6. The van der Waals surface area contributed by atoms with Crippen LogP contribution in [0.4, 0.5) is 0 Å². The Morgan fingerprint density at radius 2 is 1.04 bits per heavy atom. The highest BCUT2D eigenvalue weighted by atomic mass is 16.6. The van der Waals surface area contributed by atoms with Crippen LogP contribution < -0.4 is 0 Å². The minimum Gasteiger partial charge on any atom is -0.481 e. The van der Waals surface area contributed by atoms with Gasteiger partial charge in [-0.2, -0.15) is 0 Å². The van der Waals surface area contributed by atoms with Crippen molar-refractivity contribution in [2.75, 3.05) is 33.0 Å². The van der Waals surface area contributed by atoms with Gasteiger partial charge in [-0.1, -0.05) is 92.9 Å². The van der Waals surface area contributed by atoms with E-state index < -0.39 is 89.5 Å². The lowest BCUT2D eigenvalue weighted by Gasteiger charge is -2.41. The highest BCUT2D eigenvalue weighted by molar-refractivity contribution is 6.00. The van der Waals surface area contributed by atoms with Crippen molar-refractivity contribution < 1.29 is 97.3 Å². The van der Waals surface area contributed by atoms with Crippen molar-refractivity contribution in [3.63, 3.8) is 0 Å². The Bertz CT molecular complexity index is 1980. The summed E-state index contributed by atoms with van der Waals surface area (Å²) >= 11 is 0. The summed E-state index contributed by atoms with van der Waals surface area (Å²) in [4.78, 5) is 75.8. The Balaban J connectivity index is 0.000000360. The van der Waals surface area contributed by atoms with Gasteiger partial charge in [-0.3, -0.25) is 28.8 Å². The number of carbonyl (C=O) groups is 6. The van der Waals surface area contributed by atoms with Crippen LogP contribution in [0, 0.1) is 58.2 Å². The summed E-state index contributed by atoms with van der Waals surface area (Å²) in [6.45, 7) is 13.5. The summed E-state index contributed by atoms with van der Waals surface area (Å²) in [5.41, 5.74) is -5.24. The van der Waals surface area contributed by atoms with Crippen LogP contribution in [0.25, 0.3) is 0 Å². The molecule has 21 unspecified atom stereocenters. The molecule has 4 aliphatic heterocycles. The number of ether oxygens (including phenoxy) is 8. The molecule has 78 heavy (non-hydrogen) atoms. The first kappa shape index (κ1) is 63.7. The number of esters is 2. The maximum absolute atomic E-state index is 14.2. The number of aliphatic carboxylic acids is 4. The molecular weight excluding hydrogens is 1020 g/mol. The lowest BCUT2D eigenvalue weighted by molar-refractivity contribution is -0.207. The number of aliphatic hydroxyl groups is 2. The van der Waals surface area contributed by atoms with E-state index in [4.69, 9.17) is 48.1 Å².